The summed E-state index contributed by atoms with van der Waals surface area (Å²) in [7, 11) is 0. The third kappa shape index (κ3) is 14.9. The number of phenols is 1. The SMILES string of the molecule is C1CCCC1.CC(=O)N[C@H](Cc1ccc(O)cc1)C(=O)CC1CCC(CNC(=O)CCS)C1.[CH3-].[CH3-].[Fe+2]. The normalized spacial score (nSPS) is 18.7. The van der Waals surface area contributed by atoms with Gasteiger partial charge in [0, 0.05) is 26.3 Å². The van der Waals surface area contributed by atoms with Crippen molar-refractivity contribution in [1.82, 2.24) is 10.6 Å². The summed E-state index contributed by atoms with van der Waals surface area (Å²) in [6.07, 6.45) is 11.7. The van der Waals surface area contributed by atoms with Gasteiger partial charge in [0.25, 0.3) is 0 Å². The molecule has 2 amide bonds. The topological polar surface area (TPSA) is 95.5 Å². The van der Waals surface area contributed by atoms with E-state index in [1.165, 1.54) is 39.0 Å². The first-order valence-electron chi connectivity index (χ1n) is 12.3. The van der Waals surface area contributed by atoms with Crippen LogP contribution < -0.4 is 10.6 Å². The molecule has 2 fully saturated rings. The van der Waals surface area contributed by atoms with Gasteiger partial charge in [-0.25, -0.2) is 0 Å². The first-order valence-corrected chi connectivity index (χ1v) is 13.0. The second-order valence-electron chi connectivity index (χ2n) is 9.38. The monoisotopic (exact) mass is 562 g/mol. The van der Waals surface area contributed by atoms with E-state index in [0.29, 0.717) is 37.5 Å². The van der Waals surface area contributed by atoms with Gasteiger partial charge >= 0.3 is 17.1 Å². The van der Waals surface area contributed by atoms with Crippen molar-refractivity contribution in [3.05, 3.63) is 44.7 Å². The first kappa shape index (κ1) is 36.7. The van der Waals surface area contributed by atoms with Crippen LogP contribution in [0.4, 0.5) is 0 Å². The van der Waals surface area contributed by atoms with E-state index in [2.05, 4.69) is 23.3 Å². The summed E-state index contributed by atoms with van der Waals surface area (Å²) in [5, 5.41) is 15.1. The summed E-state index contributed by atoms with van der Waals surface area (Å²) in [4.78, 5) is 35.9. The number of carbonyl (C=O) groups excluding carboxylic acids is 3. The maximum absolute atomic E-state index is 12.8. The van der Waals surface area contributed by atoms with Crippen LogP contribution in [0.15, 0.2) is 24.3 Å². The number of ketones is 1. The van der Waals surface area contributed by atoms with Crippen molar-refractivity contribution < 1.29 is 36.6 Å². The number of hydrogen-bond acceptors (Lipinski definition) is 5. The Morgan fingerprint density at radius 1 is 1.00 bits per heavy atom. The van der Waals surface area contributed by atoms with Gasteiger partial charge in [0.1, 0.15) is 5.75 Å². The van der Waals surface area contributed by atoms with Crippen molar-refractivity contribution in [2.24, 2.45) is 11.8 Å². The van der Waals surface area contributed by atoms with Crippen LogP contribution in [0.3, 0.4) is 0 Å². The van der Waals surface area contributed by atoms with Crippen LogP contribution in [0.2, 0.25) is 0 Å². The Balaban J connectivity index is 0. The summed E-state index contributed by atoms with van der Waals surface area (Å²) in [5.41, 5.74) is 0.890. The van der Waals surface area contributed by atoms with Gasteiger partial charge in [0.15, 0.2) is 5.78 Å². The maximum Gasteiger partial charge on any atom is 2.00 e. The molecule has 2 saturated carbocycles. The van der Waals surface area contributed by atoms with Crippen molar-refractivity contribution in [1.29, 1.82) is 0 Å². The van der Waals surface area contributed by atoms with Gasteiger partial charge in [0.2, 0.25) is 11.8 Å². The van der Waals surface area contributed by atoms with Crippen molar-refractivity contribution in [3.8, 4) is 5.75 Å². The zero-order valence-electron chi connectivity index (χ0n) is 22.2. The van der Waals surface area contributed by atoms with E-state index >= 15 is 0 Å². The van der Waals surface area contributed by atoms with Gasteiger partial charge in [0.05, 0.1) is 6.04 Å². The molecule has 0 bridgehead atoms. The maximum atomic E-state index is 12.8. The Kier molecular flexibility index (Phi) is 20.9. The molecule has 0 radical (unpaired) electrons. The summed E-state index contributed by atoms with van der Waals surface area (Å²) < 4.78 is 0. The second-order valence-corrected chi connectivity index (χ2v) is 9.83. The van der Waals surface area contributed by atoms with E-state index in [1.807, 2.05) is 0 Å². The zero-order valence-corrected chi connectivity index (χ0v) is 24.2. The van der Waals surface area contributed by atoms with Crippen LogP contribution in [0.1, 0.15) is 76.7 Å². The Hall–Kier alpha value is -1.50. The fraction of sp³-hybridized carbons (Fsp3) is 0.607. The third-order valence-corrected chi connectivity index (χ3v) is 6.68. The van der Waals surface area contributed by atoms with Crippen LogP contribution in [0, 0.1) is 26.7 Å². The molecule has 206 valence electrons. The van der Waals surface area contributed by atoms with Crippen LogP contribution in [-0.2, 0) is 37.9 Å². The molecule has 3 rings (SSSR count). The largest absolute Gasteiger partial charge is 2.00 e. The molecule has 2 unspecified atom stereocenters. The molecule has 2 aliphatic carbocycles. The molecule has 0 spiro atoms. The van der Waals surface area contributed by atoms with Crippen molar-refractivity contribution in [2.75, 3.05) is 12.3 Å². The van der Waals surface area contributed by atoms with Gasteiger partial charge in [-0.05, 0) is 61.0 Å². The fourth-order valence-corrected chi connectivity index (χ4v) is 4.87. The number of hydrogen-bond donors (Lipinski definition) is 4. The standard InChI is InChI=1S/C21H30N2O4S.C5H10.2CH3.Fe/c1-14(24)23-19(11-15-4-6-18(25)7-5-15)20(26)12-16-2-3-17(10-16)13-22-21(27)8-9-28;1-2-4-5-3-1;;;/h4-7,16-17,19,25,28H,2-3,8-13H2,1H3,(H,22,27)(H,23,24);1-5H2;2*1H3;/q;;2*-1;+2/t16?,17?,19-;;;;/m1..../s1. The van der Waals surface area contributed by atoms with E-state index in [0.717, 1.165) is 24.8 Å². The summed E-state index contributed by atoms with van der Waals surface area (Å²) >= 11 is 4.06. The third-order valence-electron chi connectivity index (χ3n) is 6.46. The van der Waals surface area contributed by atoms with Gasteiger partial charge in [-0.1, -0.05) is 44.2 Å². The number of nitrogens with one attached hydrogen (secondary N) is 2. The number of phenolic OH excluding ortho intramolecular Hbond substituents is 1. The van der Waals surface area contributed by atoms with E-state index in [1.54, 1.807) is 24.3 Å². The molecule has 1 aromatic carbocycles. The Bertz CT molecular complexity index is 749. The van der Waals surface area contributed by atoms with Crippen molar-refractivity contribution in [2.45, 2.75) is 83.6 Å². The average molecular weight is 563 g/mol. The molecular weight excluding hydrogens is 516 g/mol. The van der Waals surface area contributed by atoms with E-state index < -0.39 is 6.04 Å². The summed E-state index contributed by atoms with van der Waals surface area (Å²) in [6, 6.07) is 6.12. The van der Waals surface area contributed by atoms with Gasteiger partial charge in [-0.3, -0.25) is 14.4 Å². The minimum absolute atomic E-state index is 0. The minimum Gasteiger partial charge on any atom is -0.508 e. The van der Waals surface area contributed by atoms with Crippen molar-refractivity contribution in [3.63, 3.8) is 0 Å². The van der Waals surface area contributed by atoms with Crippen LogP contribution >= 0.6 is 12.6 Å². The van der Waals surface area contributed by atoms with Gasteiger partial charge < -0.3 is 30.6 Å². The van der Waals surface area contributed by atoms with Gasteiger partial charge in [-0.15, -0.1) is 0 Å². The van der Waals surface area contributed by atoms with Crippen molar-refractivity contribution >= 4 is 30.2 Å². The van der Waals surface area contributed by atoms with Gasteiger partial charge in [-0.2, -0.15) is 12.6 Å². The first-order chi connectivity index (χ1) is 15.9. The quantitative estimate of drug-likeness (QED) is 0.181. The van der Waals surface area contributed by atoms with Crippen LogP contribution in [0.25, 0.3) is 0 Å². The van der Waals surface area contributed by atoms with E-state index in [-0.39, 0.29) is 61.2 Å². The molecule has 8 heteroatoms. The Labute approximate surface area is 235 Å². The molecule has 1 aromatic rings. The smallest absolute Gasteiger partial charge is 0.508 e. The number of amides is 2. The molecule has 0 aromatic heterocycles. The molecule has 0 saturated heterocycles. The van der Waals surface area contributed by atoms with Crippen LogP contribution in [-0.4, -0.2) is 41.0 Å². The molecule has 3 atom stereocenters. The van der Waals surface area contributed by atoms with E-state index in [9.17, 15) is 19.5 Å². The molecular formula is C28H46FeN2O4S. The number of aromatic hydroxyl groups is 1. The number of Topliss-reactive ketones (excluding diaryl/α,β-unsaturated/α-hetero) is 1. The number of carbonyl (C=O) groups is 3. The summed E-state index contributed by atoms with van der Waals surface area (Å²) in [5.74, 6) is 1.23. The molecule has 0 heterocycles. The molecule has 0 aliphatic heterocycles. The van der Waals surface area contributed by atoms with E-state index in [4.69, 9.17) is 0 Å². The Morgan fingerprint density at radius 2 is 1.56 bits per heavy atom. The number of benzene rings is 1. The minimum atomic E-state index is -0.559. The number of thiol groups is 1. The molecule has 36 heavy (non-hydrogen) atoms. The molecule has 6 nitrogen and oxygen atoms in total. The van der Waals surface area contributed by atoms with Crippen LogP contribution in [0.5, 0.6) is 5.75 Å². The second kappa shape index (κ2) is 20.5. The molecule has 3 N–H and O–H groups in total. The average Bonchev–Trinajstić information content (AvgIpc) is 3.49. The summed E-state index contributed by atoms with van der Waals surface area (Å²) in [6.45, 7) is 2.07. The fourth-order valence-electron chi connectivity index (χ4n) is 4.67. The Morgan fingerprint density at radius 3 is 2.08 bits per heavy atom. The predicted octanol–water partition coefficient (Wildman–Crippen LogP) is 5.10. The zero-order chi connectivity index (χ0) is 24.1. The predicted molar refractivity (Wildman–Crippen MR) is 147 cm³/mol. The number of rotatable bonds is 10. The molecule has 2 aliphatic rings.